The normalized spacial score (nSPS) is 12.6. The number of halogens is 6. The second-order valence-electron chi connectivity index (χ2n) is 6.90. The predicted octanol–water partition coefficient (Wildman–Crippen LogP) is 5.75. The molecule has 0 aliphatic rings. The van der Waals surface area contributed by atoms with Crippen LogP contribution in [0.2, 0.25) is 0 Å². The van der Waals surface area contributed by atoms with Gasteiger partial charge >= 0.3 is 22.5 Å². The molecule has 0 amide bonds. The van der Waals surface area contributed by atoms with E-state index in [4.69, 9.17) is 4.55 Å². The van der Waals surface area contributed by atoms with Gasteiger partial charge in [0.15, 0.2) is 0 Å². The fraction of sp³-hybridized carbons (Fsp3) is 0.0952. The Morgan fingerprint density at radius 2 is 1.59 bits per heavy atom. The molecule has 0 aliphatic carbocycles. The van der Waals surface area contributed by atoms with Gasteiger partial charge in [0.2, 0.25) is 0 Å². The molecule has 1 aromatic carbocycles. The zero-order valence-electron chi connectivity index (χ0n) is 16.4. The lowest BCUT2D eigenvalue weighted by molar-refractivity contribution is -0.138. The number of fused-ring (bicyclic) bond motifs is 1. The van der Waals surface area contributed by atoms with Gasteiger partial charge in [0.05, 0.1) is 22.2 Å². The summed E-state index contributed by atoms with van der Waals surface area (Å²) in [5.74, 6) is 5.20. The second kappa shape index (κ2) is 8.15. The highest BCUT2D eigenvalue weighted by molar-refractivity contribution is 7.88. The second-order valence-corrected chi connectivity index (χ2v) is 9.63. The maximum atomic E-state index is 13.7. The van der Waals surface area contributed by atoms with Crippen molar-refractivity contribution in [3.8, 4) is 23.0 Å². The van der Waals surface area contributed by atoms with Crippen LogP contribution in [0.5, 0.6) is 0 Å². The first-order chi connectivity index (χ1) is 15.7. The summed E-state index contributed by atoms with van der Waals surface area (Å²) in [7, 11) is -4.42. The average molecular weight is 516 g/mol. The molecule has 5 nitrogen and oxygen atoms in total. The quantitative estimate of drug-likeness (QED) is 0.209. The third-order valence-electron chi connectivity index (χ3n) is 4.61. The van der Waals surface area contributed by atoms with Crippen molar-refractivity contribution in [3.63, 3.8) is 0 Å². The molecule has 0 bridgehead atoms. The van der Waals surface area contributed by atoms with E-state index in [0.717, 1.165) is 47.0 Å². The van der Waals surface area contributed by atoms with E-state index in [1.165, 1.54) is 12.3 Å². The minimum atomic E-state index is -4.81. The van der Waals surface area contributed by atoms with Crippen LogP contribution in [0, 0.1) is 11.8 Å². The first kappa shape index (κ1) is 23.8. The highest BCUT2D eigenvalue weighted by Gasteiger charge is 2.35. The van der Waals surface area contributed by atoms with Gasteiger partial charge in [0.1, 0.15) is 15.6 Å². The van der Waals surface area contributed by atoms with Gasteiger partial charge in [-0.3, -0.25) is 8.95 Å². The van der Waals surface area contributed by atoms with Gasteiger partial charge in [-0.05, 0) is 53.3 Å². The number of hydrogen-bond acceptors (Lipinski definition) is 4. The number of thiophene rings is 1. The molecule has 0 fully saturated rings. The lowest BCUT2D eigenvalue weighted by atomic mass is 10.0. The summed E-state index contributed by atoms with van der Waals surface area (Å²) >= 11 is 0.665. The number of imidazole rings is 1. The number of rotatable bonds is 2. The lowest BCUT2D eigenvalue weighted by Gasteiger charge is -2.12. The van der Waals surface area contributed by atoms with Crippen LogP contribution in [0.4, 0.5) is 26.3 Å². The van der Waals surface area contributed by atoms with Crippen molar-refractivity contribution in [2.75, 3.05) is 0 Å². The third kappa shape index (κ3) is 4.79. The molecule has 1 N–H and O–H groups in total. The van der Waals surface area contributed by atoms with Crippen molar-refractivity contribution in [2.45, 2.75) is 16.6 Å². The van der Waals surface area contributed by atoms with Gasteiger partial charge in [-0.1, -0.05) is 12.1 Å². The zero-order valence-corrected chi connectivity index (χ0v) is 18.1. The van der Waals surface area contributed by atoms with Crippen molar-refractivity contribution >= 4 is 27.1 Å². The molecule has 0 radical (unpaired) electrons. The van der Waals surface area contributed by atoms with Gasteiger partial charge < -0.3 is 0 Å². The Hall–Kier alpha value is -3.34. The smallest absolute Gasteiger partial charge is 0.292 e. The SMILES string of the molecule is O=S(=O)(O)c1ccc(C#Cc2cnc3c(C(F)(F)F)cc(-c4ccc(C(F)(F)F)cc4)cn23)s1. The fourth-order valence-corrected chi connectivity index (χ4v) is 4.57. The van der Waals surface area contributed by atoms with E-state index in [2.05, 4.69) is 16.8 Å². The van der Waals surface area contributed by atoms with Gasteiger partial charge in [0, 0.05) is 6.20 Å². The van der Waals surface area contributed by atoms with Crippen molar-refractivity contribution in [1.29, 1.82) is 0 Å². The zero-order chi connectivity index (χ0) is 24.9. The molecule has 0 saturated heterocycles. The number of nitrogens with zero attached hydrogens (tertiary/aromatic N) is 2. The molecular formula is C21H10F6N2O3S2. The highest BCUT2D eigenvalue weighted by atomic mass is 32.3. The van der Waals surface area contributed by atoms with Crippen LogP contribution < -0.4 is 0 Å². The number of pyridine rings is 1. The fourth-order valence-electron chi connectivity index (χ4n) is 3.05. The molecule has 176 valence electrons. The number of hydrogen-bond donors (Lipinski definition) is 1. The topological polar surface area (TPSA) is 71.7 Å². The Balaban J connectivity index is 1.83. The Kier molecular flexibility index (Phi) is 5.71. The molecule has 4 aromatic rings. The van der Waals surface area contributed by atoms with Crippen LogP contribution >= 0.6 is 11.3 Å². The van der Waals surface area contributed by atoms with Crippen LogP contribution in [0.3, 0.4) is 0 Å². The minimum absolute atomic E-state index is 0.0145. The van der Waals surface area contributed by atoms with E-state index >= 15 is 0 Å². The minimum Gasteiger partial charge on any atom is -0.292 e. The Morgan fingerprint density at radius 3 is 2.15 bits per heavy atom. The number of alkyl halides is 6. The van der Waals surface area contributed by atoms with E-state index < -0.39 is 39.2 Å². The molecule has 0 aliphatic heterocycles. The molecule has 3 aromatic heterocycles. The number of benzene rings is 1. The standard InChI is InChI=1S/C21H10F6N2O3S2/c22-20(23,24)14-3-1-12(2-4-14)13-9-17(21(25,26)27)19-28-10-15(29(19)11-13)5-6-16-7-8-18(33-16)34(30,31)32/h1-4,7-11H,(H,30,31,32). The van der Waals surface area contributed by atoms with Crippen molar-refractivity contribution < 1.29 is 39.3 Å². The Morgan fingerprint density at radius 1 is 0.912 bits per heavy atom. The van der Waals surface area contributed by atoms with E-state index in [1.807, 2.05) is 0 Å². The van der Waals surface area contributed by atoms with Crippen LogP contribution in [0.15, 0.2) is 59.1 Å². The Labute approximate surface area is 192 Å². The van der Waals surface area contributed by atoms with Crippen LogP contribution in [0.1, 0.15) is 21.7 Å². The monoisotopic (exact) mass is 516 g/mol. The maximum Gasteiger partial charge on any atom is 0.420 e. The molecule has 0 unspecified atom stereocenters. The summed E-state index contributed by atoms with van der Waals surface area (Å²) in [5.41, 5.74) is -2.39. The van der Waals surface area contributed by atoms with Crippen LogP contribution in [-0.4, -0.2) is 22.4 Å². The maximum absolute atomic E-state index is 13.7. The molecule has 3 heterocycles. The van der Waals surface area contributed by atoms with Crippen molar-refractivity contribution in [1.82, 2.24) is 9.38 Å². The molecule has 34 heavy (non-hydrogen) atoms. The molecule has 0 spiro atoms. The van der Waals surface area contributed by atoms with E-state index in [1.54, 1.807) is 0 Å². The summed E-state index contributed by atoms with van der Waals surface area (Å²) in [6, 6.07) is 6.90. The van der Waals surface area contributed by atoms with Crippen LogP contribution in [0.25, 0.3) is 16.8 Å². The first-order valence-corrected chi connectivity index (χ1v) is 11.3. The summed E-state index contributed by atoms with van der Waals surface area (Å²) in [6.07, 6.45) is -7.05. The Bertz CT molecular complexity index is 1550. The summed E-state index contributed by atoms with van der Waals surface area (Å²) in [4.78, 5) is 4.00. The average Bonchev–Trinajstić information content (AvgIpc) is 3.37. The van der Waals surface area contributed by atoms with Gasteiger partial charge in [-0.25, -0.2) is 4.98 Å². The van der Waals surface area contributed by atoms with Gasteiger partial charge in [0.25, 0.3) is 0 Å². The molecule has 4 rings (SSSR count). The molecule has 13 heteroatoms. The molecular weight excluding hydrogens is 506 g/mol. The largest absolute Gasteiger partial charge is 0.420 e. The van der Waals surface area contributed by atoms with E-state index in [0.29, 0.717) is 11.3 Å². The summed E-state index contributed by atoms with van der Waals surface area (Å²) in [6.45, 7) is 0. The van der Waals surface area contributed by atoms with Crippen molar-refractivity contribution in [2.24, 2.45) is 0 Å². The lowest BCUT2D eigenvalue weighted by Crippen LogP contribution is -2.09. The van der Waals surface area contributed by atoms with E-state index in [9.17, 15) is 34.8 Å². The van der Waals surface area contributed by atoms with Crippen molar-refractivity contribution in [3.05, 3.63) is 76.6 Å². The van der Waals surface area contributed by atoms with Gasteiger partial charge in [-0.15, -0.1) is 11.3 Å². The van der Waals surface area contributed by atoms with Crippen LogP contribution in [-0.2, 0) is 22.5 Å². The third-order valence-corrected chi connectivity index (χ3v) is 6.93. The summed E-state index contributed by atoms with van der Waals surface area (Å²) in [5, 5.41) is 0. The summed E-state index contributed by atoms with van der Waals surface area (Å²) < 4.78 is 112. The molecule has 0 saturated carbocycles. The predicted molar refractivity (Wildman–Crippen MR) is 111 cm³/mol. The number of aromatic nitrogens is 2. The van der Waals surface area contributed by atoms with Gasteiger partial charge in [-0.2, -0.15) is 34.8 Å². The molecule has 0 atom stereocenters. The highest BCUT2D eigenvalue weighted by Crippen LogP contribution is 2.36. The van der Waals surface area contributed by atoms with E-state index in [-0.39, 0.29) is 25.9 Å². The first-order valence-electron chi connectivity index (χ1n) is 9.09.